The summed E-state index contributed by atoms with van der Waals surface area (Å²) < 4.78 is 33.9. The maximum Gasteiger partial charge on any atom is 0.262 e. The summed E-state index contributed by atoms with van der Waals surface area (Å²) in [5.41, 5.74) is 3.01. The lowest BCUT2D eigenvalue weighted by Crippen LogP contribution is -2.21. The van der Waals surface area contributed by atoms with Crippen LogP contribution < -0.4 is 14.8 Å². The van der Waals surface area contributed by atoms with Gasteiger partial charge in [0.05, 0.1) is 4.90 Å². The van der Waals surface area contributed by atoms with Crippen LogP contribution in [0.2, 0.25) is 5.02 Å². The van der Waals surface area contributed by atoms with E-state index in [1.165, 1.54) is 24.3 Å². The Balaban J connectivity index is 1.60. The van der Waals surface area contributed by atoms with E-state index in [0.29, 0.717) is 16.5 Å². The largest absolute Gasteiger partial charge is 0.484 e. The number of aryl methyl sites for hydroxylation is 2. The number of hydrogen-bond donors (Lipinski definition) is 2. The molecule has 2 N–H and O–H groups in total. The van der Waals surface area contributed by atoms with E-state index < -0.39 is 10.0 Å². The fourth-order valence-corrected chi connectivity index (χ4v) is 4.75. The zero-order valence-corrected chi connectivity index (χ0v) is 19.9. The van der Waals surface area contributed by atoms with Gasteiger partial charge in [-0.15, -0.1) is 0 Å². The van der Waals surface area contributed by atoms with Crippen molar-refractivity contribution >= 4 is 54.8 Å². The summed E-state index contributed by atoms with van der Waals surface area (Å²) in [6.07, 6.45) is 0. The quantitative estimate of drug-likeness (QED) is 0.426. The second-order valence-corrected chi connectivity index (χ2v) is 9.87. The highest BCUT2D eigenvalue weighted by Crippen LogP contribution is 2.25. The zero-order chi connectivity index (χ0) is 22.6. The van der Waals surface area contributed by atoms with Gasteiger partial charge in [-0.1, -0.05) is 27.5 Å². The van der Waals surface area contributed by atoms with Crippen molar-refractivity contribution in [2.45, 2.75) is 18.7 Å². The van der Waals surface area contributed by atoms with Crippen LogP contribution in [0, 0.1) is 13.8 Å². The highest BCUT2D eigenvalue weighted by atomic mass is 79.9. The van der Waals surface area contributed by atoms with Crippen molar-refractivity contribution in [1.82, 2.24) is 0 Å². The molecular weight excluding hydrogens is 504 g/mol. The van der Waals surface area contributed by atoms with Crippen LogP contribution in [0.25, 0.3) is 0 Å². The molecule has 1 amide bonds. The normalized spacial score (nSPS) is 11.1. The van der Waals surface area contributed by atoms with E-state index in [0.717, 1.165) is 21.3 Å². The van der Waals surface area contributed by atoms with Gasteiger partial charge in [0.1, 0.15) is 5.75 Å². The van der Waals surface area contributed by atoms with E-state index in [4.69, 9.17) is 16.3 Å². The van der Waals surface area contributed by atoms with E-state index in [1.54, 1.807) is 24.3 Å². The molecule has 0 saturated carbocycles. The molecule has 0 heterocycles. The standard InChI is InChI=1S/C22H20BrClN2O4S/c1-14-11-16(23)12-15(2)22(14)25-21(27)13-30-19-7-9-20(10-8-19)31(28,29)26-18-5-3-17(24)4-6-18/h3-12,26H,13H2,1-2H3,(H,25,27). The molecule has 3 aromatic rings. The molecule has 0 atom stereocenters. The monoisotopic (exact) mass is 522 g/mol. The van der Waals surface area contributed by atoms with Gasteiger partial charge < -0.3 is 10.1 Å². The van der Waals surface area contributed by atoms with Gasteiger partial charge in [-0.3, -0.25) is 9.52 Å². The molecule has 6 nitrogen and oxygen atoms in total. The summed E-state index contributed by atoms with van der Waals surface area (Å²) in [6.45, 7) is 3.61. The van der Waals surface area contributed by atoms with Crippen LogP contribution in [0.5, 0.6) is 5.75 Å². The first-order valence-corrected chi connectivity index (χ1v) is 11.9. The Morgan fingerprint density at radius 2 is 1.58 bits per heavy atom. The average Bonchev–Trinajstić information content (AvgIpc) is 2.71. The molecule has 9 heteroatoms. The molecule has 3 rings (SSSR count). The van der Waals surface area contributed by atoms with Crippen LogP contribution in [0.4, 0.5) is 11.4 Å². The Kier molecular flexibility index (Phi) is 7.25. The molecular formula is C22H20BrClN2O4S. The number of rotatable bonds is 7. The molecule has 31 heavy (non-hydrogen) atoms. The highest BCUT2D eigenvalue weighted by molar-refractivity contribution is 9.10. The summed E-state index contributed by atoms with van der Waals surface area (Å²) in [6, 6.07) is 16.0. The first-order valence-electron chi connectivity index (χ1n) is 9.22. The summed E-state index contributed by atoms with van der Waals surface area (Å²) in [5, 5.41) is 3.36. The average molecular weight is 524 g/mol. The molecule has 0 aliphatic carbocycles. The molecule has 0 spiro atoms. The van der Waals surface area contributed by atoms with Crippen LogP contribution in [-0.2, 0) is 14.8 Å². The molecule has 0 saturated heterocycles. The second kappa shape index (κ2) is 9.72. The van der Waals surface area contributed by atoms with Crippen molar-refractivity contribution < 1.29 is 17.9 Å². The van der Waals surface area contributed by atoms with Crippen LogP contribution in [-0.4, -0.2) is 20.9 Å². The van der Waals surface area contributed by atoms with E-state index in [-0.39, 0.29) is 17.4 Å². The predicted molar refractivity (Wildman–Crippen MR) is 126 cm³/mol. The summed E-state index contributed by atoms with van der Waals surface area (Å²) >= 11 is 9.24. The number of anilines is 2. The third-order valence-corrected chi connectivity index (χ3v) is 6.47. The van der Waals surface area contributed by atoms with E-state index in [1.807, 2.05) is 26.0 Å². The highest BCUT2D eigenvalue weighted by Gasteiger charge is 2.15. The van der Waals surface area contributed by atoms with Gasteiger partial charge in [0.15, 0.2) is 6.61 Å². The van der Waals surface area contributed by atoms with Crippen molar-refractivity contribution in [3.05, 3.63) is 81.3 Å². The number of carbonyl (C=O) groups excluding carboxylic acids is 1. The maximum absolute atomic E-state index is 12.5. The van der Waals surface area contributed by atoms with E-state index in [9.17, 15) is 13.2 Å². The van der Waals surface area contributed by atoms with Gasteiger partial charge in [0, 0.05) is 20.9 Å². The lowest BCUT2D eigenvalue weighted by atomic mass is 10.1. The van der Waals surface area contributed by atoms with Gasteiger partial charge in [0.25, 0.3) is 15.9 Å². The Morgan fingerprint density at radius 1 is 1.00 bits per heavy atom. The van der Waals surface area contributed by atoms with Gasteiger partial charge in [0.2, 0.25) is 0 Å². The minimum atomic E-state index is -3.76. The van der Waals surface area contributed by atoms with Crippen molar-refractivity contribution in [3.8, 4) is 5.75 Å². The molecule has 0 aliphatic heterocycles. The van der Waals surface area contributed by atoms with Gasteiger partial charge in [-0.2, -0.15) is 0 Å². The summed E-state index contributed by atoms with van der Waals surface area (Å²) in [5.74, 6) is 0.0690. The van der Waals surface area contributed by atoms with Gasteiger partial charge in [-0.25, -0.2) is 8.42 Å². The first kappa shape index (κ1) is 23.1. The molecule has 0 aliphatic rings. The van der Waals surface area contributed by atoms with Crippen LogP contribution in [0.3, 0.4) is 0 Å². The fraction of sp³-hybridized carbons (Fsp3) is 0.136. The van der Waals surface area contributed by atoms with Crippen LogP contribution in [0.15, 0.2) is 70.0 Å². The topological polar surface area (TPSA) is 84.5 Å². The Morgan fingerprint density at radius 3 is 2.16 bits per heavy atom. The van der Waals surface area contributed by atoms with Gasteiger partial charge in [-0.05, 0) is 85.6 Å². The van der Waals surface area contributed by atoms with Crippen LogP contribution >= 0.6 is 27.5 Å². The van der Waals surface area contributed by atoms with E-state index in [2.05, 4.69) is 26.0 Å². The number of nitrogens with one attached hydrogen (secondary N) is 2. The number of sulfonamides is 1. The van der Waals surface area contributed by atoms with Crippen molar-refractivity contribution in [1.29, 1.82) is 0 Å². The minimum absolute atomic E-state index is 0.0698. The Bertz CT molecular complexity index is 1170. The molecule has 0 fully saturated rings. The molecule has 0 bridgehead atoms. The zero-order valence-electron chi connectivity index (χ0n) is 16.8. The summed E-state index contributed by atoms with van der Waals surface area (Å²) in [7, 11) is -3.76. The minimum Gasteiger partial charge on any atom is -0.484 e. The lowest BCUT2D eigenvalue weighted by Gasteiger charge is -2.13. The molecule has 0 radical (unpaired) electrons. The fourth-order valence-electron chi connectivity index (χ4n) is 2.88. The number of hydrogen-bond acceptors (Lipinski definition) is 4. The number of benzene rings is 3. The van der Waals surface area contributed by atoms with Crippen molar-refractivity contribution in [3.63, 3.8) is 0 Å². The maximum atomic E-state index is 12.5. The van der Waals surface area contributed by atoms with Crippen molar-refractivity contribution in [2.24, 2.45) is 0 Å². The number of amides is 1. The SMILES string of the molecule is Cc1cc(Br)cc(C)c1NC(=O)COc1ccc(S(=O)(=O)Nc2ccc(Cl)cc2)cc1. The molecule has 0 aromatic heterocycles. The van der Waals surface area contributed by atoms with E-state index >= 15 is 0 Å². The second-order valence-electron chi connectivity index (χ2n) is 6.84. The Labute approximate surface area is 194 Å². The van der Waals surface area contributed by atoms with Crippen LogP contribution in [0.1, 0.15) is 11.1 Å². The number of halogens is 2. The predicted octanol–water partition coefficient (Wildman–Crippen LogP) is 5.54. The molecule has 162 valence electrons. The third kappa shape index (κ3) is 6.22. The number of ether oxygens (including phenoxy) is 1. The Hall–Kier alpha value is -2.55. The lowest BCUT2D eigenvalue weighted by molar-refractivity contribution is -0.118. The number of carbonyl (C=O) groups is 1. The molecule has 0 unspecified atom stereocenters. The van der Waals surface area contributed by atoms with Gasteiger partial charge >= 0.3 is 0 Å². The first-order chi connectivity index (χ1) is 14.6. The molecule has 3 aromatic carbocycles. The smallest absolute Gasteiger partial charge is 0.262 e. The van der Waals surface area contributed by atoms with Crippen molar-refractivity contribution in [2.75, 3.05) is 16.6 Å². The third-order valence-electron chi connectivity index (χ3n) is 4.36. The summed E-state index contributed by atoms with van der Waals surface area (Å²) in [4.78, 5) is 12.3.